The van der Waals surface area contributed by atoms with E-state index in [0.717, 1.165) is 29.8 Å². The van der Waals surface area contributed by atoms with Crippen LogP contribution in [0.15, 0.2) is 60.9 Å². The normalized spacial score (nSPS) is 14.2. The molecule has 3 heterocycles. The van der Waals surface area contributed by atoms with E-state index in [4.69, 9.17) is 13.9 Å². The molecule has 0 radical (unpaired) electrons. The average Bonchev–Trinajstić information content (AvgIpc) is 3.48. The number of nitrogens with one attached hydrogen (secondary N) is 1. The monoisotopic (exact) mass is 544 g/mol. The lowest BCUT2D eigenvalue weighted by atomic mass is 10.1. The summed E-state index contributed by atoms with van der Waals surface area (Å²) in [6.45, 7) is 3.93. The molecule has 1 amide bonds. The van der Waals surface area contributed by atoms with Crippen LogP contribution in [0.25, 0.3) is 17.2 Å². The fraction of sp³-hybridized carbons (Fsp3) is 0.227. The van der Waals surface area contributed by atoms with Gasteiger partial charge in [0, 0.05) is 25.2 Å². The second-order valence-corrected chi connectivity index (χ2v) is 8.56. The summed E-state index contributed by atoms with van der Waals surface area (Å²) in [5.41, 5.74) is 1.69. The zero-order valence-electron chi connectivity index (χ0n) is 18.1. The first-order valence-corrected chi connectivity index (χ1v) is 11.4. The predicted molar refractivity (Wildman–Crippen MR) is 124 cm³/mol. The van der Waals surface area contributed by atoms with Crippen molar-refractivity contribution >= 4 is 27.7 Å². The fourth-order valence-electron chi connectivity index (χ4n) is 3.63. The van der Waals surface area contributed by atoms with Crippen LogP contribution in [0.3, 0.4) is 0 Å². The molecule has 35 heavy (non-hydrogen) atoms. The number of aromatic nitrogens is 4. The number of morpholine rings is 1. The molecule has 4 aromatic rings. The largest absolute Gasteiger partial charge is 0.446 e. The van der Waals surface area contributed by atoms with Crippen molar-refractivity contribution in [1.29, 1.82) is 0 Å². The lowest BCUT2D eigenvalue weighted by Crippen LogP contribution is -2.35. The van der Waals surface area contributed by atoms with E-state index >= 15 is 0 Å². The van der Waals surface area contributed by atoms with Gasteiger partial charge in [-0.25, -0.2) is 18.4 Å². The molecule has 1 aliphatic heterocycles. The maximum atomic E-state index is 13.7. The Hall–Kier alpha value is -3.68. The second-order valence-electron chi connectivity index (χ2n) is 7.71. The van der Waals surface area contributed by atoms with E-state index in [0.29, 0.717) is 18.8 Å². The second kappa shape index (κ2) is 9.90. The van der Waals surface area contributed by atoms with Crippen molar-refractivity contribution in [3.8, 4) is 17.2 Å². The minimum absolute atomic E-state index is 0.0337. The number of carbonyl (C=O) groups excluding carboxylic acids is 1. The Morgan fingerprint density at radius 2 is 1.86 bits per heavy atom. The van der Waals surface area contributed by atoms with Gasteiger partial charge in [-0.05, 0) is 62.1 Å². The number of hydrogen-bond acceptors (Lipinski definition) is 9. The highest BCUT2D eigenvalue weighted by Gasteiger charge is 2.24. The van der Waals surface area contributed by atoms with Gasteiger partial charge >= 0.3 is 5.76 Å². The highest BCUT2D eigenvalue weighted by molar-refractivity contribution is 9.10. The van der Waals surface area contributed by atoms with Crippen molar-refractivity contribution in [3.05, 3.63) is 74.4 Å². The summed E-state index contributed by atoms with van der Waals surface area (Å²) in [6.07, 6.45) is 0. The van der Waals surface area contributed by atoms with Crippen LogP contribution in [0, 0.1) is 5.82 Å². The van der Waals surface area contributed by atoms with Gasteiger partial charge in [0.05, 0.1) is 23.4 Å². The van der Waals surface area contributed by atoms with E-state index in [1.807, 2.05) is 12.1 Å². The van der Waals surface area contributed by atoms with Crippen molar-refractivity contribution in [3.63, 3.8) is 0 Å². The molecule has 0 aliphatic carbocycles. The number of anilines is 1. The molecule has 13 heteroatoms. The van der Waals surface area contributed by atoms with Crippen LogP contribution in [-0.4, -0.2) is 57.1 Å². The third-order valence-electron chi connectivity index (χ3n) is 5.42. The molecule has 0 atom stereocenters. The van der Waals surface area contributed by atoms with E-state index in [1.54, 1.807) is 12.1 Å². The predicted octanol–water partition coefficient (Wildman–Crippen LogP) is 2.86. The third-order valence-corrected chi connectivity index (χ3v) is 6.03. The number of benzene rings is 2. The molecule has 180 valence electrons. The highest BCUT2D eigenvalue weighted by Crippen LogP contribution is 2.26. The molecule has 0 spiro atoms. The van der Waals surface area contributed by atoms with Gasteiger partial charge in [0.2, 0.25) is 11.6 Å². The lowest BCUT2D eigenvalue weighted by molar-refractivity contribution is 0.0342. The number of carbonyl (C=O) groups is 1. The van der Waals surface area contributed by atoms with E-state index in [2.05, 4.69) is 41.6 Å². The topological polar surface area (TPSA) is 129 Å². The van der Waals surface area contributed by atoms with Gasteiger partial charge in [0.15, 0.2) is 5.69 Å². The Morgan fingerprint density at radius 1 is 1.09 bits per heavy atom. The van der Waals surface area contributed by atoms with Crippen LogP contribution in [0.1, 0.15) is 15.9 Å². The number of rotatable bonds is 6. The molecule has 2 aromatic heterocycles. The van der Waals surface area contributed by atoms with Gasteiger partial charge in [0.25, 0.3) is 5.91 Å². The Morgan fingerprint density at radius 3 is 2.60 bits per heavy atom. The molecule has 1 N–H and O–H groups in total. The smallest absolute Gasteiger partial charge is 0.379 e. The summed E-state index contributed by atoms with van der Waals surface area (Å²) in [4.78, 5) is 27.4. The molecule has 0 unspecified atom stereocenters. The summed E-state index contributed by atoms with van der Waals surface area (Å²) in [6, 6.07) is 11.1. The van der Waals surface area contributed by atoms with Crippen LogP contribution < -0.4 is 11.1 Å². The first-order chi connectivity index (χ1) is 17.0. The molecular weight excluding hydrogens is 527 g/mol. The highest BCUT2D eigenvalue weighted by atomic mass is 79.9. The number of ether oxygens (including phenoxy) is 1. The first kappa shape index (κ1) is 23.1. The number of halogens is 2. The maximum Gasteiger partial charge on any atom is 0.446 e. The summed E-state index contributed by atoms with van der Waals surface area (Å²) in [7, 11) is 0. The van der Waals surface area contributed by atoms with Crippen molar-refractivity contribution in [2.75, 3.05) is 31.6 Å². The van der Waals surface area contributed by atoms with Gasteiger partial charge in [0.1, 0.15) is 5.82 Å². The number of nitrogens with zero attached hydrogens (tertiary/aromatic N) is 5. The van der Waals surface area contributed by atoms with Crippen molar-refractivity contribution in [1.82, 2.24) is 24.9 Å². The summed E-state index contributed by atoms with van der Waals surface area (Å²) in [5, 5.41) is 13.8. The van der Waals surface area contributed by atoms with Gasteiger partial charge in [-0.15, -0.1) is 0 Å². The average molecular weight is 545 g/mol. The SMILES string of the molecule is O=C(Nc1nonc1-c1noc(=O)n1-c1ccc(F)c(Br)c1)c1ccc(CN2CCOCC2)cc1. The van der Waals surface area contributed by atoms with Crippen molar-refractivity contribution in [2.45, 2.75) is 6.54 Å². The van der Waals surface area contributed by atoms with Crippen LogP contribution in [0.4, 0.5) is 10.2 Å². The van der Waals surface area contributed by atoms with Crippen LogP contribution in [-0.2, 0) is 11.3 Å². The van der Waals surface area contributed by atoms with E-state index in [-0.39, 0.29) is 27.5 Å². The Kier molecular flexibility index (Phi) is 6.53. The summed E-state index contributed by atoms with van der Waals surface area (Å²) < 4.78 is 29.8. The fourth-order valence-corrected chi connectivity index (χ4v) is 3.99. The summed E-state index contributed by atoms with van der Waals surface area (Å²) >= 11 is 3.08. The third kappa shape index (κ3) is 4.92. The molecule has 0 bridgehead atoms. The zero-order valence-corrected chi connectivity index (χ0v) is 19.7. The van der Waals surface area contributed by atoms with Gasteiger partial charge in [-0.2, -0.15) is 0 Å². The Balaban J connectivity index is 1.35. The molecule has 1 saturated heterocycles. The Labute approximate surface area is 205 Å². The van der Waals surface area contributed by atoms with E-state index in [1.165, 1.54) is 18.2 Å². The molecule has 1 aliphatic rings. The summed E-state index contributed by atoms with van der Waals surface area (Å²) in [5.74, 6) is -1.94. The van der Waals surface area contributed by atoms with Gasteiger partial charge < -0.3 is 10.1 Å². The van der Waals surface area contributed by atoms with Gasteiger partial charge in [-0.1, -0.05) is 17.3 Å². The molecule has 5 rings (SSSR count). The molecule has 1 fully saturated rings. The number of amides is 1. The van der Waals surface area contributed by atoms with Crippen LogP contribution >= 0.6 is 15.9 Å². The quantitative estimate of drug-likeness (QED) is 0.389. The minimum Gasteiger partial charge on any atom is -0.379 e. The maximum absolute atomic E-state index is 13.7. The van der Waals surface area contributed by atoms with Crippen molar-refractivity contribution in [2.24, 2.45) is 0 Å². The van der Waals surface area contributed by atoms with E-state index < -0.39 is 17.5 Å². The molecule has 2 aromatic carbocycles. The number of hydrogen-bond donors (Lipinski definition) is 1. The van der Waals surface area contributed by atoms with Crippen LogP contribution in [0.2, 0.25) is 0 Å². The minimum atomic E-state index is -0.838. The zero-order chi connectivity index (χ0) is 24.4. The van der Waals surface area contributed by atoms with Crippen LogP contribution in [0.5, 0.6) is 0 Å². The lowest BCUT2D eigenvalue weighted by Gasteiger charge is -2.26. The van der Waals surface area contributed by atoms with Gasteiger partial charge in [-0.3, -0.25) is 14.2 Å². The molecule has 0 saturated carbocycles. The molecular formula is C22H18BrFN6O5. The first-order valence-electron chi connectivity index (χ1n) is 10.6. The molecule has 11 nitrogen and oxygen atoms in total. The van der Waals surface area contributed by atoms with E-state index in [9.17, 15) is 14.0 Å². The standard InChI is InChI=1S/C22H18BrFN6O5/c23-16-11-15(5-6-17(16)24)30-20(28-34-22(30)32)18-19(27-35-26-18)25-21(31)14-3-1-13(2-4-14)12-29-7-9-33-10-8-29/h1-6,11H,7-10,12H2,(H,25,27,31). The Bertz CT molecular complexity index is 1410. The van der Waals surface area contributed by atoms with Crippen molar-refractivity contribution < 1.29 is 23.1 Å².